The summed E-state index contributed by atoms with van der Waals surface area (Å²) >= 11 is 3.25. The molecule has 2 heterocycles. The second-order valence-electron chi connectivity index (χ2n) is 5.81. The maximum Gasteiger partial charge on any atom is 0.272 e. The summed E-state index contributed by atoms with van der Waals surface area (Å²) in [6.45, 7) is 6.36. The van der Waals surface area contributed by atoms with E-state index in [1.54, 1.807) is 35.2 Å². The molecule has 4 nitrogen and oxygen atoms in total. The fourth-order valence-corrected chi connectivity index (χ4v) is 4.53. The lowest BCUT2D eigenvalue weighted by molar-refractivity contribution is 0.414. The van der Waals surface area contributed by atoms with Gasteiger partial charge in [-0.2, -0.15) is 0 Å². The fraction of sp³-hybridized carbons (Fsp3) is 0.412. The van der Waals surface area contributed by atoms with E-state index in [-0.39, 0.29) is 5.56 Å². The molecule has 6 heteroatoms. The first kappa shape index (κ1) is 16.5. The van der Waals surface area contributed by atoms with Crippen LogP contribution in [0.15, 0.2) is 39.1 Å². The molecule has 0 bridgehead atoms. The van der Waals surface area contributed by atoms with Crippen LogP contribution in [0.1, 0.15) is 26.5 Å². The molecule has 122 valence electrons. The van der Waals surface area contributed by atoms with Gasteiger partial charge in [-0.15, -0.1) is 11.8 Å². The van der Waals surface area contributed by atoms with Gasteiger partial charge in [0, 0.05) is 16.9 Å². The van der Waals surface area contributed by atoms with Gasteiger partial charge in [-0.3, -0.25) is 9.36 Å². The molecule has 2 aromatic rings. The van der Waals surface area contributed by atoms with E-state index in [2.05, 4.69) is 20.8 Å². The molecule has 0 aliphatic carbocycles. The lowest BCUT2D eigenvalue weighted by Gasteiger charge is -2.15. The van der Waals surface area contributed by atoms with Gasteiger partial charge in [-0.05, 0) is 24.3 Å². The van der Waals surface area contributed by atoms with Crippen molar-refractivity contribution in [3.05, 3.63) is 40.3 Å². The number of hydrogen-bond donors (Lipinski definition) is 0. The van der Waals surface area contributed by atoms with Crippen LogP contribution in [0, 0.1) is 0 Å². The van der Waals surface area contributed by atoms with Crippen LogP contribution < -0.4 is 10.3 Å². The molecule has 3 rings (SSSR count). The number of benzene rings is 1. The van der Waals surface area contributed by atoms with Crippen molar-refractivity contribution in [3.63, 3.8) is 0 Å². The summed E-state index contributed by atoms with van der Waals surface area (Å²) < 4.78 is 6.94. The predicted octanol–water partition coefficient (Wildman–Crippen LogP) is 3.78. The molecule has 1 aromatic heterocycles. The van der Waals surface area contributed by atoms with E-state index in [1.807, 2.05) is 24.3 Å². The number of thioether (sulfide) groups is 2. The van der Waals surface area contributed by atoms with Crippen molar-refractivity contribution < 1.29 is 4.74 Å². The Morgan fingerprint density at radius 2 is 2.04 bits per heavy atom. The van der Waals surface area contributed by atoms with Gasteiger partial charge in [0.25, 0.3) is 5.56 Å². The summed E-state index contributed by atoms with van der Waals surface area (Å²) in [6.07, 6.45) is 0.865. The highest BCUT2D eigenvalue weighted by Gasteiger charge is 2.27. The molecule has 0 spiro atoms. The van der Waals surface area contributed by atoms with E-state index in [4.69, 9.17) is 9.72 Å². The average Bonchev–Trinajstić information content (AvgIpc) is 2.88. The minimum absolute atomic E-state index is 0.0395. The third-order valence-electron chi connectivity index (χ3n) is 3.55. The molecule has 0 amide bonds. The number of fused-ring (bicyclic) bond motifs is 1. The molecule has 1 aromatic carbocycles. The van der Waals surface area contributed by atoms with Crippen molar-refractivity contribution in [2.24, 2.45) is 0 Å². The maximum atomic E-state index is 13.0. The number of ether oxygens (including phenoxy) is 1. The Morgan fingerprint density at radius 3 is 2.65 bits per heavy atom. The van der Waals surface area contributed by atoms with Gasteiger partial charge in [-0.1, -0.05) is 32.5 Å². The molecular weight excluding hydrogens is 328 g/mol. The lowest BCUT2D eigenvalue weighted by Crippen LogP contribution is -2.24. The molecule has 0 fully saturated rings. The Bertz CT molecular complexity index is 769. The number of nitrogens with zero attached hydrogens (tertiary/aromatic N) is 2. The number of aromatic nitrogens is 2. The molecule has 1 unspecified atom stereocenters. The van der Waals surface area contributed by atoms with Crippen molar-refractivity contribution in [1.29, 1.82) is 0 Å². The smallest absolute Gasteiger partial charge is 0.272 e. The zero-order chi connectivity index (χ0) is 16.6. The summed E-state index contributed by atoms with van der Waals surface area (Å²) in [5, 5.41) is 1.54. The number of hydrogen-bond acceptors (Lipinski definition) is 5. The Morgan fingerprint density at radius 1 is 1.35 bits per heavy atom. The van der Waals surface area contributed by atoms with Crippen molar-refractivity contribution in [3.8, 4) is 11.4 Å². The first-order chi connectivity index (χ1) is 11.0. The predicted molar refractivity (Wildman–Crippen MR) is 96.4 cm³/mol. The van der Waals surface area contributed by atoms with Crippen LogP contribution >= 0.6 is 23.5 Å². The molecule has 1 atom stereocenters. The highest BCUT2D eigenvalue weighted by molar-refractivity contribution is 8.00. The summed E-state index contributed by atoms with van der Waals surface area (Å²) in [5.41, 5.74) is 1.81. The number of methoxy groups -OCH3 is 1. The normalized spacial score (nSPS) is 16.7. The first-order valence-corrected chi connectivity index (χ1v) is 9.39. The van der Waals surface area contributed by atoms with Gasteiger partial charge in [0.05, 0.1) is 23.4 Å². The third kappa shape index (κ3) is 3.28. The van der Waals surface area contributed by atoms with Crippen molar-refractivity contribution >= 4 is 23.5 Å². The SMILES string of the molecule is COc1ccc(-n2c(SC(C)C)nc3c(c2=O)SC(C)C3)cc1. The van der Waals surface area contributed by atoms with E-state index < -0.39 is 0 Å². The molecule has 23 heavy (non-hydrogen) atoms. The van der Waals surface area contributed by atoms with Crippen molar-refractivity contribution in [2.75, 3.05) is 7.11 Å². The standard InChI is InChI=1S/C17H20N2O2S2/c1-10(2)22-17-18-14-9-11(3)23-15(14)16(20)19(17)12-5-7-13(21-4)8-6-12/h5-8,10-11H,9H2,1-4H3. The van der Waals surface area contributed by atoms with Gasteiger partial charge in [0.15, 0.2) is 5.16 Å². The highest BCUT2D eigenvalue weighted by Crippen LogP contribution is 2.35. The van der Waals surface area contributed by atoms with Gasteiger partial charge in [0.2, 0.25) is 0 Å². The van der Waals surface area contributed by atoms with Gasteiger partial charge in [-0.25, -0.2) is 4.98 Å². The Labute approximate surface area is 144 Å². The van der Waals surface area contributed by atoms with E-state index in [9.17, 15) is 4.79 Å². The van der Waals surface area contributed by atoms with Crippen LogP contribution in [0.2, 0.25) is 0 Å². The third-order valence-corrected chi connectivity index (χ3v) is 5.72. The second-order valence-corrected chi connectivity index (χ2v) is 8.80. The minimum atomic E-state index is 0.0395. The van der Waals surface area contributed by atoms with E-state index in [0.717, 1.165) is 33.6 Å². The van der Waals surface area contributed by atoms with Gasteiger partial charge >= 0.3 is 0 Å². The Hall–Kier alpha value is -1.40. The molecule has 0 radical (unpaired) electrons. The minimum Gasteiger partial charge on any atom is -0.497 e. The van der Waals surface area contributed by atoms with Gasteiger partial charge in [0.1, 0.15) is 5.75 Å². The zero-order valence-electron chi connectivity index (χ0n) is 13.7. The summed E-state index contributed by atoms with van der Waals surface area (Å²) in [4.78, 5) is 18.6. The van der Waals surface area contributed by atoms with E-state index in [1.165, 1.54) is 0 Å². The number of rotatable bonds is 4. The molecule has 0 N–H and O–H groups in total. The second kappa shape index (κ2) is 6.61. The summed E-state index contributed by atoms with van der Waals surface area (Å²) in [5.74, 6) is 0.775. The molecule has 0 saturated carbocycles. The summed E-state index contributed by atoms with van der Waals surface area (Å²) in [7, 11) is 1.64. The molecule has 0 saturated heterocycles. The van der Waals surface area contributed by atoms with Crippen molar-refractivity contribution in [2.45, 2.75) is 47.7 Å². The van der Waals surface area contributed by atoms with E-state index in [0.29, 0.717) is 10.5 Å². The van der Waals surface area contributed by atoms with Crippen LogP contribution in [-0.2, 0) is 6.42 Å². The molecule has 1 aliphatic heterocycles. The quantitative estimate of drug-likeness (QED) is 0.621. The monoisotopic (exact) mass is 348 g/mol. The summed E-state index contributed by atoms with van der Waals surface area (Å²) in [6, 6.07) is 7.55. The first-order valence-electron chi connectivity index (χ1n) is 7.63. The fourth-order valence-electron chi connectivity index (χ4n) is 2.55. The Kier molecular flexibility index (Phi) is 4.73. The highest BCUT2D eigenvalue weighted by atomic mass is 32.2. The van der Waals surface area contributed by atoms with Crippen LogP contribution in [-0.4, -0.2) is 27.2 Å². The molecule has 1 aliphatic rings. The van der Waals surface area contributed by atoms with Crippen LogP contribution in [0.3, 0.4) is 0 Å². The lowest BCUT2D eigenvalue weighted by atomic mass is 10.2. The van der Waals surface area contributed by atoms with Gasteiger partial charge < -0.3 is 4.74 Å². The van der Waals surface area contributed by atoms with E-state index >= 15 is 0 Å². The zero-order valence-corrected chi connectivity index (χ0v) is 15.3. The molecular formula is C17H20N2O2S2. The average molecular weight is 348 g/mol. The topological polar surface area (TPSA) is 44.1 Å². The van der Waals surface area contributed by atoms with Crippen LogP contribution in [0.25, 0.3) is 5.69 Å². The largest absolute Gasteiger partial charge is 0.497 e. The van der Waals surface area contributed by atoms with Crippen LogP contribution in [0.4, 0.5) is 0 Å². The maximum absolute atomic E-state index is 13.0. The van der Waals surface area contributed by atoms with Crippen molar-refractivity contribution in [1.82, 2.24) is 9.55 Å². The van der Waals surface area contributed by atoms with Crippen LogP contribution in [0.5, 0.6) is 5.75 Å². The Balaban J connectivity index is 2.16.